The first kappa shape index (κ1) is 14.4. The normalized spacial score (nSPS) is 10.1. The molecule has 1 amide bonds. The van der Waals surface area contributed by atoms with Gasteiger partial charge in [0.25, 0.3) is 0 Å². The number of H-pyrrole nitrogens is 1. The molecule has 0 aliphatic rings. The summed E-state index contributed by atoms with van der Waals surface area (Å²) in [5.41, 5.74) is 0.918. The predicted octanol–water partition coefficient (Wildman–Crippen LogP) is 2.37. The van der Waals surface area contributed by atoms with Gasteiger partial charge in [0.15, 0.2) is 0 Å². The zero-order chi connectivity index (χ0) is 14.5. The van der Waals surface area contributed by atoms with E-state index in [0.717, 1.165) is 0 Å². The molecular formula is C12H10ClN5OS. The van der Waals surface area contributed by atoms with Crippen molar-refractivity contribution in [2.75, 3.05) is 11.1 Å². The number of aryl methyl sites for hydroxylation is 1. The van der Waals surface area contributed by atoms with Crippen LogP contribution in [-0.4, -0.2) is 26.8 Å². The van der Waals surface area contributed by atoms with Gasteiger partial charge in [-0.3, -0.25) is 9.89 Å². The lowest BCUT2D eigenvalue weighted by Gasteiger charge is -2.05. The first-order chi connectivity index (χ1) is 9.58. The van der Waals surface area contributed by atoms with Gasteiger partial charge in [-0.2, -0.15) is 5.26 Å². The highest BCUT2D eigenvalue weighted by Gasteiger charge is 2.08. The SMILES string of the molecule is Cc1nc(SCC(=O)Nc2ccc(C#N)c(Cl)c2)n[nH]1. The third-order valence-electron chi connectivity index (χ3n) is 2.28. The minimum Gasteiger partial charge on any atom is -0.325 e. The number of rotatable bonds is 4. The lowest BCUT2D eigenvalue weighted by molar-refractivity contribution is -0.113. The Morgan fingerprint density at radius 2 is 2.40 bits per heavy atom. The molecule has 0 aliphatic carbocycles. The molecule has 0 saturated heterocycles. The number of carbonyl (C=O) groups is 1. The molecule has 1 aromatic carbocycles. The molecule has 0 atom stereocenters. The van der Waals surface area contributed by atoms with Crippen LogP contribution in [0.2, 0.25) is 5.02 Å². The number of carbonyl (C=O) groups excluding carboxylic acids is 1. The number of aromatic nitrogens is 3. The molecular weight excluding hydrogens is 298 g/mol. The molecule has 1 aromatic heterocycles. The maximum atomic E-state index is 11.8. The average Bonchev–Trinajstić information content (AvgIpc) is 2.82. The molecule has 2 rings (SSSR count). The molecule has 102 valence electrons. The van der Waals surface area contributed by atoms with Crippen LogP contribution in [0.15, 0.2) is 23.4 Å². The van der Waals surface area contributed by atoms with E-state index in [-0.39, 0.29) is 11.7 Å². The summed E-state index contributed by atoms with van der Waals surface area (Å²) >= 11 is 7.12. The summed E-state index contributed by atoms with van der Waals surface area (Å²) < 4.78 is 0. The van der Waals surface area contributed by atoms with Gasteiger partial charge in [0.2, 0.25) is 11.1 Å². The zero-order valence-electron chi connectivity index (χ0n) is 10.5. The van der Waals surface area contributed by atoms with Crippen LogP contribution in [0.4, 0.5) is 5.69 Å². The van der Waals surface area contributed by atoms with Crippen molar-refractivity contribution >= 4 is 35.0 Å². The quantitative estimate of drug-likeness (QED) is 0.846. The smallest absolute Gasteiger partial charge is 0.234 e. The van der Waals surface area contributed by atoms with Gasteiger partial charge in [0, 0.05) is 5.69 Å². The van der Waals surface area contributed by atoms with Crippen LogP contribution in [0.1, 0.15) is 11.4 Å². The van der Waals surface area contributed by atoms with Gasteiger partial charge in [-0.25, -0.2) is 4.98 Å². The molecule has 0 saturated carbocycles. The van der Waals surface area contributed by atoms with Crippen molar-refractivity contribution in [2.45, 2.75) is 12.1 Å². The molecule has 0 radical (unpaired) electrons. The Bertz CT molecular complexity index is 679. The van der Waals surface area contributed by atoms with E-state index in [9.17, 15) is 4.79 Å². The molecule has 0 spiro atoms. The van der Waals surface area contributed by atoms with Crippen molar-refractivity contribution in [1.82, 2.24) is 15.2 Å². The second kappa shape index (κ2) is 6.41. The van der Waals surface area contributed by atoms with Gasteiger partial charge in [0.1, 0.15) is 11.9 Å². The van der Waals surface area contributed by atoms with Crippen molar-refractivity contribution < 1.29 is 4.79 Å². The standard InChI is InChI=1S/C12H10ClN5OS/c1-7-15-12(18-17-7)20-6-11(19)16-9-3-2-8(5-14)10(13)4-9/h2-4H,6H2,1H3,(H,16,19)(H,15,17,18). The minimum atomic E-state index is -0.196. The van der Waals surface area contributed by atoms with Crippen molar-refractivity contribution in [3.05, 3.63) is 34.6 Å². The van der Waals surface area contributed by atoms with E-state index in [1.54, 1.807) is 25.1 Å². The molecule has 6 nitrogen and oxygen atoms in total. The third-order valence-corrected chi connectivity index (χ3v) is 3.44. The predicted molar refractivity (Wildman–Crippen MR) is 76.6 cm³/mol. The number of hydrogen-bond acceptors (Lipinski definition) is 5. The summed E-state index contributed by atoms with van der Waals surface area (Å²) in [6, 6.07) is 6.69. The summed E-state index contributed by atoms with van der Waals surface area (Å²) in [5, 5.41) is 18.9. The summed E-state index contributed by atoms with van der Waals surface area (Å²) in [6.07, 6.45) is 0. The molecule has 2 N–H and O–H groups in total. The van der Waals surface area contributed by atoms with Gasteiger partial charge in [-0.05, 0) is 25.1 Å². The highest BCUT2D eigenvalue weighted by Crippen LogP contribution is 2.20. The fourth-order valence-corrected chi connectivity index (χ4v) is 2.26. The van der Waals surface area contributed by atoms with E-state index in [1.165, 1.54) is 11.8 Å². The minimum absolute atomic E-state index is 0.189. The number of nitrogens with one attached hydrogen (secondary N) is 2. The van der Waals surface area contributed by atoms with Gasteiger partial charge >= 0.3 is 0 Å². The number of benzene rings is 1. The van der Waals surface area contributed by atoms with Crippen LogP contribution in [0, 0.1) is 18.3 Å². The van der Waals surface area contributed by atoms with E-state index < -0.39 is 0 Å². The van der Waals surface area contributed by atoms with Crippen molar-refractivity contribution in [3.8, 4) is 6.07 Å². The first-order valence-corrected chi connectivity index (χ1v) is 6.96. The Kier molecular flexibility index (Phi) is 4.61. The van der Waals surface area contributed by atoms with Gasteiger partial charge in [0.05, 0.1) is 16.3 Å². The van der Waals surface area contributed by atoms with Gasteiger partial charge in [-0.15, -0.1) is 5.10 Å². The topological polar surface area (TPSA) is 94.5 Å². The lowest BCUT2D eigenvalue weighted by atomic mass is 10.2. The number of thioether (sulfide) groups is 1. The van der Waals surface area contributed by atoms with E-state index in [1.807, 2.05) is 6.07 Å². The molecule has 0 aliphatic heterocycles. The summed E-state index contributed by atoms with van der Waals surface area (Å²) in [6.45, 7) is 1.79. The van der Waals surface area contributed by atoms with Crippen LogP contribution in [0.3, 0.4) is 0 Å². The Labute approximate surface area is 124 Å². The highest BCUT2D eigenvalue weighted by atomic mass is 35.5. The first-order valence-electron chi connectivity index (χ1n) is 5.60. The molecule has 0 bridgehead atoms. The largest absolute Gasteiger partial charge is 0.325 e. The summed E-state index contributed by atoms with van der Waals surface area (Å²) in [5.74, 6) is 0.694. The van der Waals surface area contributed by atoms with Crippen LogP contribution < -0.4 is 5.32 Å². The zero-order valence-corrected chi connectivity index (χ0v) is 12.0. The number of halogens is 1. The third kappa shape index (κ3) is 3.73. The van der Waals surface area contributed by atoms with Crippen LogP contribution in [0.5, 0.6) is 0 Å². The second-order valence-electron chi connectivity index (χ2n) is 3.85. The number of nitriles is 1. The van der Waals surface area contributed by atoms with Gasteiger partial charge in [-0.1, -0.05) is 23.4 Å². The molecule has 1 heterocycles. The Hall–Kier alpha value is -2.04. The molecule has 0 unspecified atom stereocenters. The fraction of sp³-hybridized carbons (Fsp3) is 0.167. The number of amides is 1. The van der Waals surface area contributed by atoms with Crippen LogP contribution in [0.25, 0.3) is 0 Å². The number of anilines is 1. The average molecular weight is 308 g/mol. The van der Waals surface area contributed by atoms with Crippen molar-refractivity contribution in [2.24, 2.45) is 0 Å². The van der Waals surface area contributed by atoms with E-state index in [2.05, 4.69) is 20.5 Å². The Balaban J connectivity index is 1.91. The van der Waals surface area contributed by atoms with Crippen LogP contribution in [-0.2, 0) is 4.79 Å². The monoisotopic (exact) mass is 307 g/mol. The number of nitrogens with zero attached hydrogens (tertiary/aromatic N) is 3. The van der Waals surface area contributed by atoms with E-state index in [0.29, 0.717) is 27.3 Å². The maximum Gasteiger partial charge on any atom is 0.234 e. The van der Waals surface area contributed by atoms with Crippen LogP contribution >= 0.6 is 23.4 Å². The van der Waals surface area contributed by atoms with E-state index in [4.69, 9.17) is 16.9 Å². The second-order valence-corrected chi connectivity index (χ2v) is 5.20. The highest BCUT2D eigenvalue weighted by molar-refractivity contribution is 7.99. The fourth-order valence-electron chi connectivity index (χ4n) is 1.40. The molecule has 0 fully saturated rings. The Morgan fingerprint density at radius 1 is 1.60 bits per heavy atom. The van der Waals surface area contributed by atoms with E-state index >= 15 is 0 Å². The molecule has 20 heavy (non-hydrogen) atoms. The molecule has 2 aromatic rings. The lowest BCUT2D eigenvalue weighted by Crippen LogP contribution is -2.14. The summed E-state index contributed by atoms with van der Waals surface area (Å²) in [4.78, 5) is 15.8. The van der Waals surface area contributed by atoms with Gasteiger partial charge < -0.3 is 5.32 Å². The number of aromatic amines is 1. The maximum absolute atomic E-state index is 11.8. The molecule has 8 heteroatoms. The number of hydrogen-bond donors (Lipinski definition) is 2. The van der Waals surface area contributed by atoms with Crippen molar-refractivity contribution in [3.63, 3.8) is 0 Å². The summed E-state index contributed by atoms with van der Waals surface area (Å²) in [7, 11) is 0. The van der Waals surface area contributed by atoms with Crippen molar-refractivity contribution in [1.29, 1.82) is 5.26 Å². The Morgan fingerprint density at radius 3 is 3.00 bits per heavy atom.